The molecule has 0 amide bonds. The topological polar surface area (TPSA) is 0 Å². The van der Waals surface area contributed by atoms with Gasteiger partial charge >= 0.3 is 0 Å². The van der Waals surface area contributed by atoms with Crippen LogP contribution in [0.2, 0.25) is 0 Å². The van der Waals surface area contributed by atoms with Crippen LogP contribution >= 0.6 is 0 Å². The average molecular weight is 321 g/mol. The van der Waals surface area contributed by atoms with Gasteiger partial charge in [-0.3, -0.25) is 0 Å². The maximum Gasteiger partial charge on any atom is 0 e. The molecule has 0 aromatic carbocycles. The summed E-state index contributed by atoms with van der Waals surface area (Å²) in [6.45, 7) is 0. The Bertz CT molecular complexity index is 11.6. The molecule has 0 aliphatic carbocycles. The van der Waals surface area contributed by atoms with Gasteiger partial charge in [-0.1, -0.05) is 0 Å². The van der Waals surface area contributed by atoms with Crippen molar-refractivity contribution >= 4 is 34.9 Å². The van der Waals surface area contributed by atoms with E-state index >= 15 is 0 Å². The molecule has 5 heteroatoms. The Kier molecular flexibility index (Phi) is 305. The summed E-state index contributed by atoms with van der Waals surface area (Å²) < 4.78 is 0. The van der Waals surface area contributed by atoms with E-state index in [1.807, 2.05) is 0 Å². The van der Waals surface area contributed by atoms with E-state index in [1.54, 1.807) is 0 Å². The van der Waals surface area contributed by atoms with E-state index in [0.717, 1.165) is 0 Å². The van der Waals surface area contributed by atoms with Crippen LogP contribution in [0.5, 0.6) is 0 Å². The van der Waals surface area contributed by atoms with E-state index in [2.05, 4.69) is 0 Å². The van der Waals surface area contributed by atoms with Crippen molar-refractivity contribution in [3.8, 4) is 0 Å². The van der Waals surface area contributed by atoms with Crippen LogP contribution in [0.1, 0.15) is 0 Å². The van der Waals surface area contributed by atoms with Gasteiger partial charge in [-0.15, -0.1) is 0 Å². The van der Waals surface area contributed by atoms with Crippen molar-refractivity contribution in [1.29, 1.82) is 0 Å². The van der Waals surface area contributed by atoms with Crippen molar-refractivity contribution in [3.63, 3.8) is 0 Å². The number of hydrogen-bond donors (Lipinski definition) is 0. The Morgan fingerprint density at radius 2 is 1.00 bits per heavy atom. The second-order valence-corrected chi connectivity index (χ2v) is 0. The average Bonchev–Trinajstić information content (AvgIpc) is 0. The minimum Gasteiger partial charge on any atom is 0 e. The van der Waals surface area contributed by atoms with Gasteiger partial charge in [0.2, 0.25) is 0 Å². The fourth-order valence-corrected chi connectivity index (χ4v) is 0. The van der Waals surface area contributed by atoms with Crippen molar-refractivity contribution in [2.45, 2.75) is 0 Å². The zero-order valence-electron chi connectivity index (χ0n) is 2.03. The van der Waals surface area contributed by atoms with Crippen LogP contribution in [0.3, 0.4) is 0 Å². The fraction of sp³-hybridized carbons (Fsp3) is 0. The molecular weight excluding hydrogens is 321 g/mol. The molecule has 0 fully saturated rings. The zero-order chi connectivity index (χ0) is 0. The summed E-state index contributed by atoms with van der Waals surface area (Å²) in [5, 5.41) is 0. The molecule has 10 radical (unpaired) electrons. The molecule has 0 heterocycles. The van der Waals surface area contributed by atoms with Gasteiger partial charge in [0, 0.05) is 86.1 Å². The molecule has 0 rings (SSSR count). The smallest absolute Gasteiger partial charge is 0 e. The summed E-state index contributed by atoms with van der Waals surface area (Å²) in [5.41, 5.74) is 0. The normalized spacial score (nSPS) is 0. The first-order valence-corrected chi connectivity index (χ1v) is 0. The van der Waals surface area contributed by atoms with Gasteiger partial charge in [0.25, 0.3) is 0 Å². The number of hydrogen-bond acceptors (Lipinski definition) is 0. The Morgan fingerprint density at radius 1 is 1.00 bits per heavy atom. The third-order valence-electron chi connectivity index (χ3n) is 0. The Balaban J connectivity index is 0. The van der Waals surface area contributed by atoms with E-state index in [0.29, 0.717) is 0 Å². The Morgan fingerprint density at radius 3 is 1.00 bits per heavy atom. The molecule has 0 aliphatic heterocycles. The van der Waals surface area contributed by atoms with Gasteiger partial charge in [-0.2, -0.15) is 0 Å². The Labute approximate surface area is 85.0 Å². The standard InChI is InChI=1S/Cu.Fe.Mn.Si.Sn. The molecule has 0 saturated carbocycles. The summed E-state index contributed by atoms with van der Waals surface area (Å²) in [6.07, 6.45) is 0. The summed E-state index contributed by atoms with van der Waals surface area (Å²) in [7, 11) is 0. The summed E-state index contributed by atoms with van der Waals surface area (Å²) >= 11 is 0. The molecule has 0 saturated heterocycles. The van der Waals surface area contributed by atoms with E-state index in [-0.39, 0.29) is 86.1 Å². The van der Waals surface area contributed by atoms with Crippen molar-refractivity contribution in [3.05, 3.63) is 0 Å². The molecule has 0 nitrogen and oxygen atoms in total. The molecule has 5 heavy (non-hydrogen) atoms. The Hall–Kier alpha value is 2.57. The van der Waals surface area contributed by atoms with Crippen LogP contribution in [0.25, 0.3) is 0 Å². The molecule has 0 spiro atoms. The quantitative estimate of drug-likeness (QED) is 0.514. The fourth-order valence-electron chi connectivity index (χ4n) is 0. The van der Waals surface area contributed by atoms with E-state index in [4.69, 9.17) is 0 Å². The van der Waals surface area contributed by atoms with Crippen LogP contribution in [0, 0.1) is 0 Å². The monoisotopic (exact) mass is 322 g/mol. The maximum atomic E-state index is 0. The molecule has 0 N–H and O–H groups in total. The first-order valence-electron chi connectivity index (χ1n) is 0. The molecule has 0 aromatic heterocycles. The van der Waals surface area contributed by atoms with Crippen molar-refractivity contribution in [2.75, 3.05) is 0 Å². The van der Waals surface area contributed by atoms with E-state index < -0.39 is 0 Å². The molecule has 0 atom stereocenters. The van der Waals surface area contributed by atoms with Crippen LogP contribution in [-0.4, -0.2) is 34.9 Å². The van der Waals surface area contributed by atoms with Crippen LogP contribution in [0.15, 0.2) is 0 Å². The molecule has 0 unspecified atom stereocenters. The molecule has 34 valence electrons. The van der Waals surface area contributed by atoms with Crippen LogP contribution in [0.4, 0.5) is 0 Å². The van der Waals surface area contributed by atoms with Crippen LogP contribution < -0.4 is 0 Å². The largest absolute Gasteiger partial charge is 0 e. The minimum atomic E-state index is 0. The molecule has 0 aliphatic rings. The second-order valence-electron chi connectivity index (χ2n) is 0. The predicted molar refractivity (Wildman–Crippen MR) is 11.5 cm³/mol. The van der Waals surface area contributed by atoms with Crippen molar-refractivity contribution in [1.82, 2.24) is 0 Å². The third-order valence-corrected chi connectivity index (χ3v) is 0. The second kappa shape index (κ2) is 30.8. The van der Waals surface area contributed by atoms with Crippen LogP contribution in [-0.2, 0) is 51.2 Å². The predicted octanol–water partition coefficient (Wildman–Crippen LogP) is -0.769. The van der Waals surface area contributed by atoms with Gasteiger partial charge in [-0.05, 0) is 0 Å². The van der Waals surface area contributed by atoms with Gasteiger partial charge in [0.1, 0.15) is 0 Å². The summed E-state index contributed by atoms with van der Waals surface area (Å²) in [4.78, 5) is 0. The molecule has 0 aromatic rings. The zero-order valence-corrected chi connectivity index (χ0v) is 9.11. The third kappa shape index (κ3) is 20.8. The summed E-state index contributed by atoms with van der Waals surface area (Å²) in [6, 6.07) is 0. The molecular formula is CuFeMnSiSn. The van der Waals surface area contributed by atoms with E-state index in [1.165, 1.54) is 0 Å². The van der Waals surface area contributed by atoms with Gasteiger partial charge in [-0.25, -0.2) is 0 Å². The van der Waals surface area contributed by atoms with Gasteiger partial charge < -0.3 is 0 Å². The van der Waals surface area contributed by atoms with E-state index in [9.17, 15) is 0 Å². The first kappa shape index (κ1) is 49.4. The van der Waals surface area contributed by atoms with Crippen molar-refractivity contribution < 1.29 is 51.2 Å². The maximum absolute atomic E-state index is 0. The van der Waals surface area contributed by atoms with Crippen molar-refractivity contribution in [2.24, 2.45) is 0 Å². The molecule has 0 bridgehead atoms. The van der Waals surface area contributed by atoms with Gasteiger partial charge in [0.05, 0.1) is 0 Å². The van der Waals surface area contributed by atoms with Gasteiger partial charge in [0.15, 0.2) is 0 Å². The SMILES string of the molecule is [Cu].[Fe].[Mn].[Si].[Sn]. The minimum absolute atomic E-state index is 0. The first-order chi connectivity index (χ1) is 0. The number of rotatable bonds is 0. The summed E-state index contributed by atoms with van der Waals surface area (Å²) in [5.74, 6) is 0.